The van der Waals surface area contributed by atoms with E-state index in [0.29, 0.717) is 6.42 Å². The zero-order valence-corrected chi connectivity index (χ0v) is 20.9. The molecule has 3 heteroatoms. The molecular weight excluding hydrogens is 372 g/mol. The number of aliphatic hydroxyl groups is 1. The number of hydrogen-bond acceptors (Lipinski definition) is 2. The van der Waals surface area contributed by atoms with Crippen LogP contribution >= 0.6 is 0 Å². The van der Waals surface area contributed by atoms with E-state index in [1.165, 1.54) is 103 Å². The van der Waals surface area contributed by atoms with Gasteiger partial charge in [-0.3, -0.25) is 4.79 Å². The molecule has 0 aliphatic carbocycles. The molecule has 0 aliphatic rings. The van der Waals surface area contributed by atoms with E-state index in [0.717, 1.165) is 32.1 Å². The molecule has 0 heterocycles. The molecular formula is C27H56O3. The number of aliphatic hydroxyl groups excluding tert-OH is 1. The van der Waals surface area contributed by atoms with Crippen molar-refractivity contribution in [1.29, 1.82) is 0 Å². The Kier molecular flexibility index (Phi) is 30.0. The van der Waals surface area contributed by atoms with Gasteiger partial charge >= 0.3 is 5.97 Å². The highest BCUT2D eigenvalue weighted by Gasteiger charge is 2.03. The lowest BCUT2D eigenvalue weighted by Gasteiger charge is -2.10. The first-order valence-corrected chi connectivity index (χ1v) is 13.5. The van der Waals surface area contributed by atoms with Crippen LogP contribution in [-0.2, 0) is 4.79 Å². The van der Waals surface area contributed by atoms with Crippen LogP contribution in [0.3, 0.4) is 0 Å². The van der Waals surface area contributed by atoms with Crippen LogP contribution in [0.4, 0.5) is 0 Å². The topological polar surface area (TPSA) is 57.5 Å². The average Bonchev–Trinajstić information content (AvgIpc) is 2.73. The van der Waals surface area contributed by atoms with Crippen molar-refractivity contribution < 1.29 is 15.0 Å². The number of hydrogen-bond donors (Lipinski definition) is 2. The Morgan fingerprint density at radius 2 is 0.833 bits per heavy atom. The van der Waals surface area contributed by atoms with Gasteiger partial charge in [-0.25, -0.2) is 0 Å². The average molecular weight is 429 g/mol. The van der Waals surface area contributed by atoms with Gasteiger partial charge in [-0.2, -0.15) is 0 Å². The summed E-state index contributed by atoms with van der Waals surface area (Å²) in [7, 11) is 0. The van der Waals surface area contributed by atoms with Gasteiger partial charge in [0, 0.05) is 6.42 Å². The second-order valence-corrected chi connectivity index (χ2v) is 9.03. The van der Waals surface area contributed by atoms with Crippen molar-refractivity contribution >= 4 is 5.97 Å². The molecule has 0 fully saturated rings. The minimum Gasteiger partial charge on any atom is -0.481 e. The number of aliphatic carboxylic acids is 1. The molecule has 0 amide bonds. The first-order valence-electron chi connectivity index (χ1n) is 13.5. The van der Waals surface area contributed by atoms with Gasteiger partial charge in [0.25, 0.3) is 0 Å². The van der Waals surface area contributed by atoms with Crippen LogP contribution in [0.2, 0.25) is 0 Å². The Hall–Kier alpha value is -0.570. The highest BCUT2D eigenvalue weighted by atomic mass is 16.4. The van der Waals surface area contributed by atoms with E-state index in [-0.39, 0.29) is 6.10 Å². The Morgan fingerprint density at radius 3 is 1.17 bits per heavy atom. The second-order valence-electron chi connectivity index (χ2n) is 9.03. The Morgan fingerprint density at radius 1 is 0.533 bits per heavy atom. The Labute approximate surface area is 189 Å². The summed E-state index contributed by atoms with van der Waals surface area (Å²) in [4.78, 5) is 9.96. The van der Waals surface area contributed by atoms with Crippen molar-refractivity contribution in [2.24, 2.45) is 0 Å². The molecule has 0 spiro atoms. The lowest BCUT2D eigenvalue weighted by Crippen LogP contribution is -2.05. The van der Waals surface area contributed by atoms with E-state index in [1.807, 2.05) is 0 Å². The van der Waals surface area contributed by atoms with Gasteiger partial charge < -0.3 is 10.2 Å². The van der Waals surface area contributed by atoms with Crippen LogP contribution in [0.25, 0.3) is 0 Å². The monoisotopic (exact) mass is 428 g/mol. The quantitative estimate of drug-likeness (QED) is 0.169. The smallest absolute Gasteiger partial charge is 0.303 e. The lowest BCUT2D eigenvalue weighted by molar-refractivity contribution is -0.137. The molecule has 30 heavy (non-hydrogen) atoms. The molecule has 0 aromatic heterocycles. The number of rotatable bonds is 22. The summed E-state index contributed by atoms with van der Waals surface area (Å²) >= 11 is 0. The molecule has 3 nitrogen and oxygen atoms in total. The van der Waals surface area contributed by atoms with Crippen molar-refractivity contribution in [3.05, 3.63) is 0 Å². The zero-order valence-electron chi connectivity index (χ0n) is 20.9. The third-order valence-electron chi connectivity index (χ3n) is 5.78. The summed E-state index contributed by atoms with van der Waals surface area (Å²) in [5.41, 5.74) is 0. The van der Waals surface area contributed by atoms with E-state index in [1.54, 1.807) is 0 Å². The zero-order chi connectivity index (χ0) is 22.7. The number of unbranched alkanes of at least 4 members (excludes halogenated alkanes) is 16. The summed E-state index contributed by atoms with van der Waals surface area (Å²) in [6.45, 7) is 6.65. The molecule has 1 unspecified atom stereocenters. The van der Waals surface area contributed by atoms with E-state index >= 15 is 0 Å². The maximum Gasteiger partial charge on any atom is 0.303 e. The van der Waals surface area contributed by atoms with Gasteiger partial charge in [0.15, 0.2) is 0 Å². The predicted molar refractivity (Wildman–Crippen MR) is 132 cm³/mol. The van der Waals surface area contributed by atoms with Crippen molar-refractivity contribution in [3.8, 4) is 0 Å². The molecule has 0 saturated carbocycles. The highest BCUT2D eigenvalue weighted by molar-refractivity contribution is 5.66. The lowest BCUT2D eigenvalue weighted by atomic mass is 10.0. The molecule has 2 N–H and O–H groups in total. The second kappa shape index (κ2) is 28.4. The predicted octanol–water partition coefficient (Wildman–Crippen LogP) is 9.06. The maximum absolute atomic E-state index is 9.96. The summed E-state index contributed by atoms with van der Waals surface area (Å²) in [6.07, 6.45) is 26.9. The molecule has 0 aromatic rings. The largest absolute Gasteiger partial charge is 0.481 e. The van der Waals surface area contributed by atoms with Gasteiger partial charge in [0.2, 0.25) is 0 Å². The van der Waals surface area contributed by atoms with Crippen molar-refractivity contribution in [1.82, 2.24) is 0 Å². The van der Waals surface area contributed by atoms with Crippen LogP contribution in [0, 0.1) is 0 Å². The maximum atomic E-state index is 9.96. The fraction of sp³-hybridized carbons (Fsp3) is 0.963. The molecule has 0 rings (SSSR count). The Balaban J connectivity index is 0. The minimum atomic E-state index is -0.675. The summed E-state index contributed by atoms with van der Waals surface area (Å²) in [5, 5.41) is 18.2. The van der Waals surface area contributed by atoms with E-state index in [2.05, 4.69) is 20.8 Å². The highest BCUT2D eigenvalue weighted by Crippen LogP contribution is 2.14. The van der Waals surface area contributed by atoms with E-state index in [9.17, 15) is 9.90 Å². The van der Waals surface area contributed by atoms with Gasteiger partial charge in [0.05, 0.1) is 6.10 Å². The Bertz CT molecular complexity index is 317. The van der Waals surface area contributed by atoms with Crippen LogP contribution < -0.4 is 0 Å². The molecule has 0 aromatic carbocycles. The van der Waals surface area contributed by atoms with Crippen molar-refractivity contribution in [3.63, 3.8) is 0 Å². The number of carbonyl (C=O) groups is 1. The van der Waals surface area contributed by atoms with Crippen LogP contribution in [0.15, 0.2) is 0 Å². The normalized spacial score (nSPS) is 11.7. The van der Waals surface area contributed by atoms with Crippen molar-refractivity contribution in [2.75, 3.05) is 0 Å². The molecule has 1 atom stereocenters. The van der Waals surface area contributed by atoms with Crippen molar-refractivity contribution in [2.45, 2.75) is 168 Å². The number of carboxylic acids is 1. The fourth-order valence-electron chi connectivity index (χ4n) is 3.70. The van der Waals surface area contributed by atoms with E-state index < -0.39 is 5.97 Å². The standard InChI is InChI=1S/C20H42O.C7H14O2/c1-3-5-7-9-11-12-13-15-17-19-20(21)18-16-14-10-8-6-4-2;1-2-3-4-5-6-7(8)9/h20-21H,3-19H2,1-2H3;2-6H2,1H3,(H,8,9). The molecule has 0 bridgehead atoms. The first kappa shape index (κ1) is 31.6. The van der Waals surface area contributed by atoms with Crippen LogP contribution in [0.1, 0.15) is 162 Å². The summed E-state index contributed by atoms with van der Waals surface area (Å²) in [5.74, 6) is -0.675. The third-order valence-corrected chi connectivity index (χ3v) is 5.78. The molecule has 182 valence electrons. The molecule has 0 aliphatic heterocycles. The minimum absolute atomic E-state index is 0.0271. The summed E-state index contributed by atoms with van der Waals surface area (Å²) < 4.78 is 0. The van der Waals surface area contributed by atoms with Crippen LogP contribution in [0.5, 0.6) is 0 Å². The third kappa shape index (κ3) is 32.1. The fourth-order valence-corrected chi connectivity index (χ4v) is 3.70. The van der Waals surface area contributed by atoms with Gasteiger partial charge in [-0.15, -0.1) is 0 Å². The van der Waals surface area contributed by atoms with Crippen LogP contribution in [-0.4, -0.2) is 22.3 Å². The van der Waals surface area contributed by atoms with E-state index in [4.69, 9.17) is 5.11 Å². The molecule has 0 saturated heterocycles. The van der Waals surface area contributed by atoms with Gasteiger partial charge in [0.1, 0.15) is 0 Å². The summed E-state index contributed by atoms with van der Waals surface area (Å²) in [6, 6.07) is 0. The molecule has 0 radical (unpaired) electrons. The SMILES string of the molecule is CCCCCCC(=O)O.CCCCCCCCCCCC(O)CCCCCCCC. The number of carboxylic acid groups (broad SMARTS) is 1. The van der Waals surface area contributed by atoms with Gasteiger partial charge in [-0.05, 0) is 19.3 Å². The first-order chi connectivity index (χ1) is 14.6. The van der Waals surface area contributed by atoms with Gasteiger partial charge in [-0.1, -0.05) is 136 Å².